The summed E-state index contributed by atoms with van der Waals surface area (Å²) in [6, 6.07) is 5.85. The van der Waals surface area contributed by atoms with Crippen molar-refractivity contribution in [1.29, 1.82) is 0 Å². The molecule has 3 rings (SSSR count). The second kappa shape index (κ2) is 9.17. The van der Waals surface area contributed by atoms with Crippen LogP contribution in [0, 0.1) is 11.8 Å². The van der Waals surface area contributed by atoms with Crippen molar-refractivity contribution >= 4 is 11.9 Å². The van der Waals surface area contributed by atoms with Crippen LogP contribution in [-0.2, 0) is 11.3 Å². The maximum atomic E-state index is 12.5. The van der Waals surface area contributed by atoms with Crippen LogP contribution in [0.25, 0.3) is 0 Å². The van der Waals surface area contributed by atoms with Crippen LogP contribution in [0.1, 0.15) is 45.6 Å². The molecule has 3 amide bonds. The molecule has 28 heavy (non-hydrogen) atoms. The maximum Gasteiger partial charge on any atom is 0.317 e. The normalized spacial score (nSPS) is 20.9. The minimum atomic E-state index is -0.000778. The minimum absolute atomic E-state index is 0.000778. The summed E-state index contributed by atoms with van der Waals surface area (Å²) < 4.78 is 10.7. The van der Waals surface area contributed by atoms with Gasteiger partial charge in [-0.25, -0.2) is 4.79 Å². The van der Waals surface area contributed by atoms with Crippen LogP contribution in [0.3, 0.4) is 0 Å². The molecule has 0 radical (unpaired) electrons. The minimum Gasteiger partial charge on any atom is -0.454 e. The molecule has 0 aromatic heterocycles. The van der Waals surface area contributed by atoms with Crippen molar-refractivity contribution in [3.63, 3.8) is 0 Å². The Labute approximate surface area is 166 Å². The van der Waals surface area contributed by atoms with Crippen LogP contribution in [0.2, 0.25) is 0 Å². The number of hydrogen-bond donors (Lipinski definition) is 2. The van der Waals surface area contributed by atoms with E-state index >= 15 is 0 Å². The molecular formula is C21H31N3O4. The van der Waals surface area contributed by atoms with E-state index in [2.05, 4.69) is 17.6 Å². The van der Waals surface area contributed by atoms with Crippen molar-refractivity contribution in [1.82, 2.24) is 15.5 Å². The molecule has 2 heterocycles. The van der Waals surface area contributed by atoms with Crippen LogP contribution in [0.5, 0.6) is 11.5 Å². The first-order valence-electron chi connectivity index (χ1n) is 10.2. The van der Waals surface area contributed by atoms with Crippen LogP contribution >= 0.6 is 0 Å². The topological polar surface area (TPSA) is 79.9 Å². The number of nitrogens with one attached hydrogen (secondary N) is 2. The lowest BCUT2D eigenvalue weighted by Gasteiger charge is -2.38. The Balaban J connectivity index is 1.47. The summed E-state index contributed by atoms with van der Waals surface area (Å²) in [7, 11) is 0. The zero-order chi connectivity index (χ0) is 20.1. The smallest absolute Gasteiger partial charge is 0.317 e. The Morgan fingerprint density at radius 3 is 2.75 bits per heavy atom. The average Bonchev–Trinajstić information content (AvgIpc) is 3.14. The third-order valence-electron chi connectivity index (χ3n) is 5.49. The Morgan fingerprint density at radius 2 is 2.00 bits per heavy atom. The van der Waals surface area contributed by atoms with E-state index < -0.39 is 0 Å². The van der Waals surface area contributed by atoms with E-state index in [-0.39, 0.29) is 24.8 Å². The number of hydrogen-bond acceptors (Lipinski definition) is 4. The lowest BCUT2D eigenvalue weighted by Crippen LogP contribution is -2.50. The number of fused-ring (bicyclic) bond motifs is 1. The summed E-state index contributed by atoms with van der Waals surface area (Å²) in [4.78, 5) is 26.6. The predicted molar refractivity (Wildman–Crippen MR) is 106 cm³/mol. The van der Waals surface area contributed by atoms with Crippen molar-refractivity contribution < 1.29 is 19.1 Å². The van der Waals surface area contributed by atoms with E-state index in [0.29, 0.717) is 31.3 Å². The zero-order valence-electron chi connectivity index (χ0n) is 17.0. The lowest BCUT2D eigenvalue weighted by molar-refractivity contribution is -0.123. The van der Waals surface area contributed by atoms with Gasteiger partial charge in [-0.15, -0.1) is 0 Å². The monoisotopic (exact) mass is 389 g/mol. The fourth-order valence-electron chi connectivity index (χ4n) is 3.90. The number of amides is 3. The van der Waals surface area contributed by atoms with E-state index in [1.807, 2.05) is 36.9 Å². The number of carbonyl (C=O) groups is 2. The molecule has 2 aliphatic heterocycles. The van der Waals surface area contributed by atoms with E-state index in [0.717, 1.165) is 36.4 Å². The molecule has 1 aromatic carbocycles. The van der Waals surface area contributed by atoms with Crippen molar-refractivity contribution in [2.24, 2.45) is 11.8 Å². The predicted octanol–water partition coefficient (Wildman–Crippen LogP) is 2.89. The fraction of sp³-hybridized carbons (Fsp3) is 0.619. The quantitative estimate of drug-likeness (QED) is 0.784. The Kier molecular flexibility index (Phi) is 6.65. The molecular weight excluding hydrogens is 358 g/mol. The second-order valence-electron chi connectivity index (χ2n) is 7.94. The molecule has 2 N–H and O–H groups in total. The summed E-state index contributed by atoms with van der Waals surface area (Å²) in [5.74, 6) is 2.19. The summed E-state index contributed by atoms with van der Waals surface area (Å²) >= 11 is 0. The number of rotatable bonds is 6. The standard InChI is InChI=1S/C21H31N3O4/c1-4-16-12-24(21(26)23-14(2)3)8-7-17(16)10-20(25)22-11-15-5-6-18-19(9-15)28-13-27-18/h5-6,9,14,16-17H,4,7-8,10-13H2,1-3H3,(H,22,25)(H,23,26). The van der Waals surface area contributed by atoms with E-state index in [1.54, 1.807) is 0 Å². The molecule has 0 aliphatic carbocycles. The second-order valence-corrected chi connectivity index (χ2v) is 7.94. The van der Waals surface area contributed by atoms with Crippen molar-refractivity contribution in [3.05, 3.63) is 23.8 Å². The molecule has 2 unspecified atom stereocenters. The Morgan fingerprint density at radius 1 is 1.21 bits per heavy atom. The van der Waals surface area contributed by atoms with Gasteiger partial charge in [-0.2, -0.15) is 0 Å². The van der Waals surface area contributed by atoms with E-state index in [4.69, 9.17) is 9.47 Å². The first-order valence-corrected chi connectivity index (χ1v) is 10.2. The molecule has 2 aliphatic rings. The van der Waals surface area contributed by atoms with E-state index in [9.17, 15) is 9.59 Å². The van der Waals surface area contributed by atoms with Crippen LogP contribution in [0.4, 0.5) is 4.79 Å². The van der Waals surface area contributed by atoms with Gasteiger partial charge in [0.15, 0.2) is 11.5 Å². The average molecular weight is 389 g/mol. The molecule has 154 valence electrons. The molecule has 7 nitrogen and oxygen atoms in total. The van der Waals surface area contributed by atoms with Crippen molar-refractivity contribution in [2.45, 2.75) is 52.6 Å². The van der Waals surface area contributed by atoms with Gasteiger partial charge < -0.3 is 25.0 Å². The van der Waals surface area contributed by atoms with Gasteiger partial charge in [-0.05, 0) is 49.8 Å². The highest BCUT2D eigenvalue weighted by Gasteiger charge is 2.31. The Hall–Kier alpha value is -2.44. The van der Waals surface area contributed by atoms with Crippen molar-refractivity contribution in [2.75, 3.05) is 19.9 Å². The highest BCUT2D eigenvalue weighted by molar-refractivity contribution is 5.76. The third-order valence-corrected chi connectivity index (χ3v) is 5.49. The number of nitrogens with zero attached hydrogens (tertiary/aromatic N) is 1. The molecule has 1 fully saturated rings. The molecule has 0 saturated carbocycles. The highest BCUT2D eigenvalue weighted by atomic mass is 16.7. The molecule has 0 spiro atoms. The SMILES string of the molecule is CCC1CN(C(=O)NC(C)C)CCC1CC(=O)NCc1ccc2c(c1)OCO2. The summed E-state index contributed by atoms with van der Waals surface area (Å²) in [5, 5.41) is 5.97. The van der Waals surface area contributed by atoms with Gasteiger partial charge in [0.25, 0.3) is 0 Å². The van der Waals surface area contributed by atoms with Gasteiger partial charge in [-0.3, -0.25) is 4.79 Å². The van der Waals surface area contributed by atoms with Gasteiger partial charge in [-0.1, -0.05) is 19.4 Å². The van der Waals surface area contributed by atoms with Gasteiger partial charge in [0.1, 0.15) is 0 Å². The van der Waals surface area contributed by atoms with Crippen LogP contribution in [-0.4, -0.2) is 42.8 Å². The number of urea groups is 1. The van der Waals surface area contributed by atoms with Crippen LogP contribution in [0.15, 0.2) is 18.2 Å². The lowest BCUT2D eigenvalue weighted by atomic mass is 9.81. The van der Waals surface area contributed by atoms with Gasteiger partial charge in [0.2, 0.25) is 12.7 Å². The molecule has 1 aromatic rings. The highest BCUT2D eigenvalue weighted by Crippen LogP contribution is 2.32. The van der Waals surface area contributed by atoms with Gasteiger partial charge >= 0.3 is 6.03 Å². The van der Waals surface area contributed by atoms with Gasteiger partial charge in [0, 0.05) is 32.1 Å². The zero-order valence-corrected chi connectivity index (χ0v) is 17.0. The first kappa shape index (κ1) is 20.3. The molecule has 7 heteroatoms. The Bertz CT molecular complexity index is 707. The third kappa shape index (κ3) is 5.09. The first-order chi connectivity index (χ1) is 13.5. The number of likely N-dealkylation sites (tertiary alicyclic amines) is 1. The van der Waals surface area contributed by atoms with E-state index in [1.165, 1.54) is 0 Å². The molecule has 2 atom stereocenters. The number of benzene rings is 1. The molecule has 0 bridgehead atoms. The maximum absolute atomic E-state index is 12.5. The largest absolute Gasteiger partial charge is 0.454 e. The van der Waals surface area contributed by atoms with Crippen LogP contribution < -0.4 is 20.1 Å². The summed E-state index contributed by atoms with van der Waals surface area (Å²) in [6.45, 7) is 8.20. The number of carbonyl (C=O) groups excluding carboxylic acids is 2. The molecule has 1 saturated heterocycles. The van der Waals surface area contributed by atoms with Crippen molar-refractivity contribution in [3.8, 4) is 11.5 Å². The number of ether oxygens (including phenoxy) is 2. The summed E-state index contributed by atoms with van der Waals surface area (Å²) in [5.41, 5.74) is 0.991. The fourth-order valence-corrected chi connectivity index (χ4v) is 3.90. The number of piperidine rings is 1. The van der Waals surface area contributed by atoms with Gasteiger partial charge in [0.05, 0.1) is 0 Å². The summed E-state index contributed by atoms with van der Waals surface area (Å²) in [6.07, 6.45) is 2.33.